The van der Waals surface area contributed by atoms with E-state index in [-0.39, 0.29) is 24.9 Å². The summed E-state index contributed by atoms with van der Waals surface area (Å²) >= 11 is 1.64. The molecule has 0 fully saturated rings. The molecular weight excluding hydrogens is 326 g/mol. The van der Waals surface area contributed by atoms with E-state index in [2.05, 4.69) is 4.98 Å². The van der Waals surface area contributed by atoms with Gasteiger partial charge in [-0.15, -0.1) is 0 Å². The summed E-state index contributed by atoms with van der Waals surface area (Å²) in [6.45, 7) is 4.19. The van der Waals surface area contributed by atoms with Gasteiger partial charge in [0.15, 0.2) is 0 Å². The lowest BCUT2D eigenvalue weighted by molar-refractivity contribution is -0.145. The number of para-hydroxylation sites is 2. The van der Waals surface area contributed by atoms with E-state index >= 15 is 0 Å². The lowest BCUT2D eigenvalue weighted by Crippen LogP contribution is -2.40. The van der Waals surface area contributed by atoms with E-state index < -0.39 is 5.97 Å². The van der Waals surface area contributed by atoms with Crippen LogP contribution in [0, 0.1) is 5.92 Å². The van der Waals surface area contributed by atoms with Gasteiger partial charge in [-0.1, -0.05) is 26.0 Å². The van der Waals surface area contributed by atoms with Gasteiger partial charge in [-0.25, -0.2) is 4.98 Å². The molecule has 24 heavy (non-hydrogen) atoms. The summed E-state index contributed by atoms with van der Waals surface area (Å²) in [6, 6.07) is 7.68. The lowest BCUT2D eigenvalue weighted by atomic mass is 10.2. The zero-order chi connectivity index (χ0) is 17.7. The largest absolute Gasteiger partial charge is 0.480 e. The van der Waals surface area contributed by atoms with Crippen LogP contribution in [0.3, 0.4) is 0 Å². The topological polar surface area (TPSA) is 75.4 Å². The zero-order valence-corrected chi connectivity index (χ0v) is 15.0. The number of nitrogens with zero attached hydrogens (tertiary/aromatic N) is 3. The Morgan fingerprint density at radius 1 is 1.33 bits per heavy atom. The number of carboxylic acids is 1. The number of carbonyl (C=O) groups is 2. The number of rotatable bonds is 8. The van der Waals surface area contributed by atoms with Gasteiger partial charge in [0.05, 0.1) is 16.8 Å². The van der Waals surface area contributed by atoms with Gasteiger partial charge in [0, 0.05) is 6.54 Å². The predicted molar refractivity (Wildman–Crippen MR) is 96.0 cm³/mol. The number of hydrogen-bond donors (Lipinski definition) is 1. The van der Waals surface area contributed by atoms with Crippen LogP contribution < -0.4 is 0 Å². The van der Waals surface area contributed by atoms with E-state index in [1.165, 1.54) is 4.90 Å². The molecule has 1 N–H and O–H groups in total. The summed E-state index contributed by atoms with van der Waals surface area (Å²) in [5.41, 5.74) is 1.75. The smallest absolute Gasteiger partial charge is 0.323 e. The van der Waals surface area contributed by atoms with Crippen molar-refractivity contribution in [1.29, 1.82) is 0 Å². The number of aromatic nitrogens is 2. The summed E-state index contributed by atoms with van der Waals surface area (Å²) in [4.78, 5) is 29.8. The van der Waals surface area contributed by atoms with Gasteiger partial charge in [0.2, 0.25) is 5.91 Å². The van der Waals surface area contributed by atoms with Crippen LogP contribution in [-0.4, -0.2) is 50.8 Å². The number of carbonyl (C=O) groups excluding carboxylic acids is 1. The molecule has 0 spiro atoms. The van der Waals surface area contributed by atoms with Crippen molar-refractivity contribution in [2.45, 2.75) is 26.1 Å². The number of imidazole rings is 1. The van der Waals surface area contributed by atoms with Gasteiger partial charge < -0.3 is 14.6 Å². The number of aliphatic carboxylic acids is 1. The molecule has 0 radical (unpaired) electrons. The monoisotopic (exact) mass is 349 g/mol. The first-order valence-corrected chi connectivity index (χ1v) is 9.24. The van der Waals surface area contributed by atoms with Gasteiger partial charge in [-0.3, -0.25) is 9.59 Å². The van der Waals surface area contributed by atoms with E-state index in [1.54, 1.807) is 11.8 Å². The van der Waals surface area contributed by atoms with Gasteiger partial charge in [0.25, 0.3) is 0 Å². The Kier molecular flexibility index (Phi) is 6.25. The van der Waals surface area contributed by atoms with Crippen LogP contribution >= 0.6 is 11.8 Å². The fourth-order valence-corrected chi connectivity index (χ4v) is 3.11. The highest BCUT2D eigenvalue weighted by molar-refractivity contribution is 7.97. The van der Waals surface area contributed by atoms with Crippen molar-refractivity contribution in [3.63, 3.8) is 0 Å². The summed E-state index contributed by atoms with van der Waals surface area (Å²) in [6.07, 6.45) is 1.99. The maximum Gasteiger partial charge on any atom is 0.323 e. The van der Waals surface area contributed by atoms with Crippen LogP contribution in [0.2, 0.25) is 0 Å². The minimum Gasteiger partial charge on any atom is -0.480 e. The molecule has 2 aromatic rings. The van der Waals surface area contributed by atoms with Gasteiger partial charge in [-0.2, -0.15) is 11.8 Å². The number of carboxylic acid groups (broad SMARTS) is 1. The molecule has 1 aromatic carbocycles. The van der Waals surface area contributed by atoms with E-state index in [0.717, 1.165) is 16.9 Å². The molecule has 0 saturated heterocycles. The Morgan fingerprint density at radius 2 is 2.04 bits per heavy atom. The average Bonchev–Trinajstić information content (AvgIpc) is 2.84. The van der Waals surface area contributed by atoms with Crippen LogP contribution in [-0.2, 0) is 21.9 Å². The molecule has 0 aliphatic heterocycles. The third kappa shape index (κ3) is 4.50. The highest BCUT2D eigenvalue weighted by atomic mass is 32.2. The Labute approximate surface area is 145 Å². The Morgan fingerprint density at radius 3 is 2.67 bits per heavy atom. The minimum atomic E-state index is -0.996. The first kappa shape index (κ1) is 18.3. The second-order valence-corrected chi connectivity index (χ2v) is 6.96. The number of benzene rings is 1. The quantitative estimate of drug-likeness (QED) is 0.792. The molecule has 0 aliphatic rings. The number of fused-ring (bicyclic) bond motifs is 1. The minimum absolute atomic E-state index is 0.108. The standard InChI is InChI=1S/C17H23N3O3S/c1-12(2)8-19(10-17(22)23)16(21)9-20-14-7-5-4-6-13(14)18-15(20)11-24-3/h4-7,12H,8-11H2,1-3H3,(H,22,23). The second kappa shape index (κ2) is 8.19. The average molecular weight is 349 g/mol. The van der Waals surface area contributed by atoms with Gasteiger partial charge >= 0.3 is 5.97 Å². The van der Waals surface area contributed by atoms with Crippen LogP contribution in [0.15, 0.2) is 24.3 Å². The fraction of sp³-hybridized carbons (Fsp3) is 0.471. The van der Waals surface area contributed by atoms with Crippen molar-refractivity contribution in [2.75, 3.05) is 19.3 Å². The molecule has 6 nitrogen and oxygen atoms in total. The molecule has 0 aliphatic carbocycles. The van der Waals surface area contributed by atoms with Crippen molar-refractivity contribution in [1.82, 2.24) is 14.5 Å². The normalized spacial score (nSPS) is 11.2. The van der Waals surface area contributed by atoms with Crippen molar-refractivity contribution in [3.05, 3.63) is 30.1 Å². The van der Waals surface area contributed by atoms with Crippen molar-refractivity contribution in [3.8, 4) is 0 Å². The molecular formula is C17H23N3O3S. The molecule has 7 heteroatoms. The Balaban J connectivity index is 2.30. The molecule has 1 amide bonds. The van der Waals surface area contributed by atoms with Gasteiger partial charge in [-0.05, 0) is 24.3 Å². The van der Waals surface area contributed by atoms with Crippen LogP contribution in [0.4, 0.5) is 0 Å². The van der Waals surface area contributed by atoms with E-state index in [1.807, 2.05) is 48.9 Å². The number of hydrogen-bond acceptors (Lipinski definition) is 4. The first-order chi connectivity index (χ1) is 11.4. The first-order valence-electron chi connectivity index (χ1n) is 7.85. The third-order valence-electron chi connectivity index (χ3n) is 3.56. The molecule has 0 bridgehead atoms. The predicted octanol–water partition coefficient (Wildman–Crippen LogP) is 2.47. The van der Waals surface area contributed by atoms with E-state index in [9.17, 15) is 9.59 Å². The SMILES string of the molecule is CSCc1nc2ccccc2n1CC(=O)N(CC(=O)O)CC(C)C. The summed E-state index contributed by atoms with van der Waals surface area (Å²) < 4.78 is 1.89. The maximum atomic E-state index is 12.7. The Hall–Kier alpha value is -2.02. The van der Waals surface area contributed by atoms with Crippen molar-refractivity contribution < 1.29 is 14.7 Å². The zero-order valence-electron chi connectivity index (χ0n) is 14.2. The molecule has 0 atom stereocenters. The summed E-state index contributed by atoms with van der Waals surface area (Å²) in [7, 11) is 0. The molecule has 2 rings (SSSR count). The highest BCUT2D eigenvalue weighted by Gasteiger charge is 2.20. The number of amides is 1. The maximum absolute atomic E-state index is 12.7. The summed E-state index contributed by atoms with van der Waals surface area (Å²) in [5, 5.41) is 9.07. The molecule has 130 valence electrons. The highest BCUT2D eigenvalue weighted by Crippen LogP contribution is 2.19. The third-order valence-corrected chi connectivity index (χ3v) is 4.11. The number of thioether (sulfide) groups is 1. The van der Waals surface area contributed by atoms with Crippen LogP contribution in [0.25, 0.3) is 11.0 Å². The molecule has 0 unspecified atom stereocenters. The van der Waals surface area contributed by atoms with E-state index in [4.69, 9.17) is 5.11 Å². The second-order valence-electron chi connectivity index (χ2n) is 6.10. The van der Waals surface area contributed by atoms with Crippen LogP contribution in [0.1, 0.15) is 19.7 Å². The fourth-order valence-electron chi connectivity index (χ4n) is 2.63. The van der Waals surface area contributed by atoms with Crippen molar-refractivity contribution in [2.24, 2.45) is 5.92 Å². The lowest BCUT2D eigenvalue weighted by Gasteiger charge is -2.23. The van der Waals surface area contributed by atoms with Crippen molar-refractivity contribution >= 4 is 34.7 Å². The Bertz CT molecular complexity index is 727. The molecule has 1 aromatic heterocycles. The van der Waals surface area contributed by atoms with Crippen LogP contribution in [0.5, 0.6) is 0 Å². The van der Waals surface area contributed by atoms with Gasteiger partial charge in [0.1, 0.15) is 18.9 Å². The molecule has 1 heterocycles. The molecule has 0 saturated carbocycles. The van der Waals surface area contributed by atoms with E-state index in [0.29, 0.717) is 12.3 Å². The summed E-state index contributed by atoms with van der Waals surface area (Å²) in [5.74, 6) is 0.543.